The van der Waals surface area contributed by atoms with Crippen LogP contribution >= 0.6 is 15.9 Å². The quantitative estimate of drug-likeness (QED) is 0.859. The zero-order chi connectivity index (χ0) is 11.2. The van der Waals surface area contributed by atoms with Crippen LogP contribution in [0.25, 0.3) is 6.08 Å². The first kappa shape index (κ1) is 10.9. The molecule has 1 atom stereocenters. The molecule has 0 bridgehead atoms. The lowest BCUT2D eigenvalue weighted by molar-refractivity contribution is 0.600. The first-order valence-electron chi connectivity index (χ1n) is 4.45. The number of sulfone groups is 1. The molecule has 1 heterocycles. The maximum Gasteiger partial charge on any atom is 0.206 e. The molecule has 2 rings (SSSR count). The average Bonchev–Trinajstić information content (AvgIpc) is 2.39. The fraction of sp³-hybridized carbons (Fsp3) is 0.200. The molecule has 2 N–H and O–H groups in total. The van der Waals surface area contributed by atoms with Crippen molar-refractivity contribution in [3.05, 3.63) is 33.1 Å². The van der Waals surface area contributed by atoms with E-state index in [2.05, 4.69) is 15.9 Å². The van der Waals surface area contributed by atoms with Crippen LogP contribution in [-0.4, -0.2) is 14.5 Å². The van der Waals surface area contributed by atoms with Gasteiger partial charge in [-0.3, -0.25) is 0 Å². The minimum atomic E-state index is -3.39. The van der Waals surface area contributed by atoms with Crippen LogP contribution in [0.2, 0.25) is 0 Å². The number of benzene rings is 1. The number of hydrogen-bond acceptors (Lipinski definition) is 3. The van der Waals surface area contributed by atoms with Gasteiger partial charge in [0, 0.05) is 10.5 Å². The van der Waals surface area contributed by atoms with E-state index in [4.69, 9.17) is 5.73 Å². The molecule has 0 aliphatic carbocycles. The average molecular weight is 288 g/mol. The van der Waals surface area contributed by atoms with E-state index in [1.807, 2.05) is 0 Å². The summed E-state index contributed by atoms with van der Waals surface area (Å²) in [5.41, 5.74) is 6.35. The molecule has 80 valence electrons. The Morgan fingerprint density at radius 2 is 2.07 bits per heavy atom. The minimum Gasteiger partial charge on any atom is -0.324 e. The van der Waals surface area contributed by atoms with Crippen LogP contribution in [0.5, 0.6) is 0 Å². The number of rotatable bonds is 1. The fourth-order valence-electron chi connectivity index (χ4n) is 1.65. The van der Waals surface area contributed by atoms with Gasteiger partial charge < -0.3 is 5.73 Å². The summed E-state index contributed by atoms with van der Waals surface area (Å²) in [5.74, 6) is 0. The standard InChI is InChI=1S/C10H10BrNO2S/c1-6(12)9-5-7-3-2-4-8(11)10(7)15(9,13)14/h2-6H,12H2,1H3. The molecule has 5 heteroatoms. The van der Waals surface area contributed by atoms with Crippen LogP contribution in [-0.2, 0) is 9.84 Å². The van der Waals surface area contributed by atoms with Gasteiger partial charge in [0.05, 0.1) is 9.80 Å². The monoisotopic (exact) mass is 287 g/mol. The Morgan fingerprint density at radius 1 is 1.40 bits per heavy atom. The molecular weight excluding hydrogens is 278 g/mol. The predicted molar refractivity (Wildman–Crippen MR) is 63.0 cm³/mol. The Labute approximate surface area is 97.0 Å². The van der Waals surface area contributed by atoms with E-state index in [9.17, 15) is 8.42 Å². The maximum atomic E-state index is 12.1. The molecule has 0 saturated heterocycles. The van der Waals surface area contributed by atoms with Gasteiger partial charge in [0.25, 0.3) is 0 Å². The lowest BCUT2D eigenvalue weighted by Gasteiger charge is -2.07. The molecule has 0 saturated carbocycles. The third kappa shape index (κ3) is 1.55. The van der Waals surface area contributed by atoms with Gasteiger partial charge in [-0.2, -0.15) is 0 Å². The van der Waals surface area contributed by atoms with Gasteiger partial charge in [-0.1, -0.05) is 12.1 Å². The van der Waals surface area contributed by atoms with Crippen molar-refractivity contribution < 1.29 is 8.42 Å². The van der Waals surface area contributed by atoms with Crippen molar-refractivity contribution in [3.63, 3.8) is 0 Å². The van der Waals surface area contributed by atoms with Gasteiger partial charge in [-0.15, -0.1) is 0 Å². The number of nitrogens with two attached hydrogens (primary N) is 1. The summed E-state index contributed by atoms with van der Waals surface area (Å²) in [6.07, 6.45) is 1.64. The molecule has 1 aliphatic heterocycles. The van der Waals surface area contributed by atoms with E-state index in [-0.39, 0.29) is 4.91 Å². The first-order chi connectivity index (χ1) is 6.94. The van der Waals surface area contributed by atoms with Crippen molar-refractivity contribution in [3.8, 4) is 0 Å². The highest BCUT2D eigenvalue weighted by molar-refractivity contribution is 9.10. The minimum absolute atomic E-state index is 0.282. The van der Waals surface area contributed by atoms with Crippen LogP contribution < -0.4 is 5.73 Å². The van der Waals surface area contributed by atoms with Gasteiger partial charge in [0.2, 0.25) is 9.84 Å². The van der Waals surface area contributed by atoms with Crippen LogP contribution in [0.3, 0.4) is 0 Å². The fourth-order valence-corrected chi connectivity index (χ4v) is 4.44. The predicted octanol–water partition coefficient (Wildman–Crippen LogP) is 1.92. The summed E-state index contributed by atoms with van der Waals surface area (Å²) >= 11 is 3.25. The lowest BCUT2D eigenvalue weighted by Crippen LogP contribution is -2.22. The Hall–Kier alpha value is -0.650. The summed E-state index contributed by atoms with van der Waals surface area (Å²) in [4.78, 5) is 0.613. The van der Waals surface area contributed by atoms with E-state index in [1.165, 1.54) is 0 Å². The number of fused-ring (bicyclic) bond motifs is 1. The highest BCUT2D eigenvalue weighted by atomic mass is 79.9. The van der Waals surface area contributed by atoms with Crippen LogP contribution in [0.1, 0.15) is 12.5 Å². The van der Waals surface area contributed by atoms with E-state index >= 15 is 0 Å². The molecule has 1 unspecified atom stereocenters. The van der Waals surface area contributed by atoms with E-state index in [0.29, 0.717) is 14.9 Å². The van der Waals surface area contributed by atoms with Gasteiger partial charge in [-0.25, -0.2) is 8.42 Å². The molecule has 1 aromatic rings. The molecule has 0 amide bonds. The molecule has 0 spiro atoms. The Kier molecular flexibility index (Phi) is 2.48. The second kappa shape index (κ2) is 3.43. The van der Waals surface area contributed by atoms with Gasteiger partial charge in [0.1, 0.15) is 0 Å². The second-order valence-electron chi connectivity index (χ2n) is 3.50. The number of hydrogen-bond donors (Lipinski definition) is 1. The highest BCUT2D eigenvalue weighted by Gasteiger charge is 2.33. The van der Waals surface area contributed by atoms with Crippen molar-refractivity contribution in [2.24, 2.45) is 5.73 Å². The first-order valence-corrected chi connectivity index (χ1v) is 6.73. The third-order valence-electron chi connectivity index (χ3n) is 2.32. The van der Waals surface area contributed by atoms with Crippen molar-refractivity contribution in [1.82, 2.24) is 0 Å². The lowest BCUT2D eigenvalue weighted by atomic mass is 10.2. The Morgan fingerprint density at radius 3 is 2.60 bits per heavy atom. The van der Waals surface area contributed by atoms with E-state index in [1.54, 1.807) is 31.2 Å². The van der Waals surface area contributed by atoms with Crippen molar-refractivity contribution in [2.75, 3.05) is 0 Å². The van der Waals surface area contributed by atoms with Crippen molar-refractivity contribution in [1.29, 1.82) is 0 Å². The summed E-state index contributed by atoms with van der Waals surface area (Å²) < 4.78 is 24.7. The zero-order valence-corrected chi connectivity index (χ0v) is 10.5. The normalized spacial score (nSPS) is 19.5. The van der Waals surface area contributed by atoms with Gasteiger partial charge >= 0.3 is 0 Å². The molecule has 15 heavy (non-hydrogen) atoms. The third-order valence-corrected chi connectivity index (χ3v) is 5.35. The van der Waals surface area contributed by atoms with Gasteiger partial charge in [-0.05, 0) is 40.6 Å². The SMILES string of the molecule is CC(N)C1=Cc2cccc(Br)c2S1(=O)=O. The number of halogens is 1. The Bertz CT molecular complexity index is 547. The molecule has 1 aromatic carbocycles. The van der Waals surface area contributed by atoms with Crippen molar-refractivity contribution >= 4 is 31.8 Å². The zero-order valence-electron chi connectivity index (χ0n) is 8.07. The van der Waals surface area contributed by atoms with Crippen LogP contribution in [0, 0.1) is 0 Å². The van der Waals surface area contributed by atoms with Crippen molar-refractivity contribution in [2.45, 2.75) is 17.9 Å². The molecular formula is C10H10BrNO2S. The van der Waals surface area contributed by atoms with E-state index < -0.39 is 15.9 Å². The largest absolute Gasteiger partial charge is 0.324 e. The molecule has 0 radical (unpaired) electrons. The summed E-state index contributed by atoms with van der Waals surface area (Å²) in [5, 5.41) is 0. The molecule has 0 aromatic heterocycles. The maximum absolute atomic E-state index is 12.1. The smallest absolute Gasteiger partial charge is 0.206 e. The van der Waals surface area contributed by atoms with E-state index in [0.717, 1.165) is 0 Å². The summed E-state index contributed by atoms with van der Waals surface area (Å²) in [6.45, 7) is 1.67. The second-order valence-corrected chi connectivity index (χ2v) is 6.24. The molecule has 1 aliphatic rings. The summed E-state index contributed by atoms with van der Waals surface area (Å²) in [7, 11) is -3.39. The summed E-state index contributed by atoms with van der Waals surface area (Å²) in [6, 6.07) is 4.81. The highest BCUT2D eigenvalue weighted by Crippen LogP contribution is 2.38. The molecule has 3 nitrogen and oxygen atoms in total. The Balaban J connectivity index is 2.75. The topological polar surface area (TPSA) is 60.2 Å². The molecule has 0 fully saturated rings. The van der Waals surface area contributed by atoms with Crippen LogP contribution in [0.4, 0.5) is 0 Å². The van der Waals surface area contributed by atoms with Gasteiger partial charge in [0.15, 0.2) is 0 Å². The van der Waals surface area contributed by atoms with Crippen LogP contribution in [0.15, 0.2) is 32.5 Å².